The van der Waals surface area contributed by atoms with Gasteiger partial charge < -0.3 is 14.7 Å². The summed E-state index contributed by atoms with van der Waals surface area (Å²) in [5.41, 5.74) is -0.762. The summed E-state index contributed by atoms with van der Waals surface area (Å²) in [6.45, 7) is 1.90. The van der Waals surface area contributed by atoms with Gasteiger partial charge in [0.05, 0.1) is 28.4 Å². The Morgan fingerprint density at radius 3 is 2.24 bits per heavy atom. The third-order valence-corrected chi connectivity index (χ3v) is 7.12. The summed E-state index contributed by atoms with van der Waals surface area (Å²) in [6.07, 6.45) is 1.80. The largest absolute Gasteiger partial charge is 0.367 e. The minimum Gasteiger partial charge on any atom is -0.367 e. The molecule has 186 valence electrons. The molecule has 33 heavy (non-hydrogen) atoms. The second-order valence-corrected chi connectivity index (χ2v) is 12.1. The third-order valence-electron chi connectivity index (χ3n) is 5.05. The van der Waals surface area contributed by atoms with E-state index in [2.05, 4.69) is 15.9 Å². The number of carbonyl (C=O) groups is 1. The van der Waals surface area contributed by atoms with Crippen LogP contribution in [0.1, 0.15) is 10.4 Å². The molecule has 0 aliphatic carbocycles. The van der Waals surface area contributed by atoms with E-state index in [0.29, 0.717) is 31.5 Å². The smallest absolute Gasteiger partial charge is 0.283 e. The van der Waals surface area contributed by atoms with Crippen LogP contribution in [0.5, 0.6) is 0 Å². The number of carbonyl (C=O) groups excluding carboxylic acids is 1. The molecule has 0 unspecified atom stereocenters. The van der Waals surface area contributed by atoms with E-state index in [0.717, 1.165) is 18.6 Å². The van der Waals surface area contributed by atoms with Crippen molar-refractivity contribution in [3.63, 3.8) is 0 Å². The number of nitro groups is 1. The SMILES string of the molecule is CN1CCN(C(=O)c2cc(N(CCBr)CCOS(C)(=O)=O)c(S(C)(=O)=O)cc2[N+](=O)[O-])CC1. The van der Waals surface area contributed by atoms with Gasteiger partial charge in [-0.25, -0.2) is 8.42 Å². The van der Waals surface area contributed by atoms with Gasteiger partial charge in [-0.05, 0) is 13.1 Å². The summed E-state index contributed by atoms with van der Waals surface area (Å²) in [6, 6.07) is 2.10. The monoisotopic (exact) mass is 570 g/mol. The Hall–Kier alpha value is -1.81. The lowest BCUT2D eigenvalue weighted by Crippen LogP contribution is -2.47. The molecule has 0 spiro atoms. The van der Waals surface area contributed by atoms with Gasteiger partial charge in [0.2, 0.25) is 0 Å². The summed E-state index contributed by atoms with van der Waals surface area (Å²) in [5.74, 6) is -0.567. The molecule has 1 aliphatic rings. The number of rotatable bonds is 10. The minimum atomic E-state index is -3.93. The fourth-order valence-electron chi connectivity index (χ4n) is 3.36. The van der Waals surface area contributed by atoms with Gasteiger partial charge in [0.15, 0.2) is 9.84 Å². The molecule has 1 aliphatic heterocycles. The van der Waals surface area contributed by atoms with E-state index in [-0.39, 0.29) is 35.8 Å². The van der Waals surface area contributed by atoms with Crippen molar-refractivity contribution in [2.45, 2.75) is 4.90 Å². The number of nitro benzene ring substituents is 1. The highest BCUT2D eigenvalue weighted by Gasteiger charge is 2.32. The van der Waals surface area contributed by atoms with Crippen LogP contribution in [0, 0.1) is 10.1 Å². The second-order valence-electron chi connectivity index (χ2n) is 7.66. The number of anilines is 1. The highest BCUT2D eigenvalue weighted by Crippen LogP contribution is 2.34. The summed E-state index contributed by atoms with van der Waals surface area (Å²) in [4.78, 5) is 28.9. The molecule has 1 heterocycles. The number of likely N-dealkylation sites (N-methyl/N-ethyl adjacent to an activating group) is 1. The van der Waals surface area contributed by atoms with E-state index in [1.165, 1.54) is 15.9 Å². The number of alkyl halides is 1. The van der Waals surface area contributed by atoms with Crippen molar-refractivity contribution in [3.8, 4) is 0 Å². The highest BCUT2D eigenvalue weighted by molar-refractivity contribution is 9.09. The lowest BCUT2D eigenvalue weighted by Gasteiger charge is -2.32. The lowest BCUT2D eigenvalue weighted by atomic mass is 10.1. The van der Waals surface area contributed by atoms with E-state index in [1.54, 1.807) is 0 Å². The number of benzene rings is 1. The zero-order valence-corrected chi connectivity index (χ0v) is 21.8. The minimum absolute atomic E-state index is 0.0266. The molecule has 0 saturated carbocycles. The number of nitrogens with zero attached hydrogens (tertiary/aromatic N) is 4. The van der Waals surface area contributed by atoms with Gasteiger partial charge in [0.25, 0.3) is 21.7 Å². The predicted octanol–water partition coefficient (Wildman–Crippen LogP) is 0.563. The average Bonchev–Trinajstić information content (AvgIpc) is 2.70. The topological polar surface area (TPSA) is 147 Å². The predicted molar refractivity (Wildman–Crippen MR) is 126 cm³/mol. The molecule has 2 rings (SSSR count). The van der Waals surface area contributed by atoms with Crippen LogP contribution in [-0.2, 0) is 24.1 Å². The van der Waals surface area contributed by atoms with Crippen LogP contribution in [0.25, 0.3) is 0 Å². The lowest BCUT2D eigenvalue weighted by molar-refractivity contribution is -0.385. The third kappa shape index (κ3) is 7.60. The number of hydrogen-bond donors (Lipinski definition) is 0. The maximum Gasteiger partial charge on any atom is 0.283 e. The summed E-state index contributed by atoms with van der Waals surface area (Å²) < 4.78 is 52.4. The van der Waals surface area contributed by atoms with Crippen LogP contribution in [0.3, 0.4) is 0 Å². The van der Waals surface area contributed by atoms with E-state index < -0.39 is 36.5 Å². The van der Waals surface area contributed by atoms with Crippen LogP contribution in [-0.4, -0.2) is 108 Å². The maximum atomic E-state index is 13.2. The van der Waals surface area contributed by atoms with Crippen molar-refractivity contribution in [3.05, 3.63) is 27.8 Å². The molecule has 1 aromatic rings. The number of sulfone groups is 1. The quantitative estimate of drug-likeness (QED) is 0.169. The van der Waals surface area contributed by atoms with E-state index in [1.807, 2.05) is 11.9 Å². The molecule has 1 saturated heterocycles. The summed E-state index contributed by atoms with van der Waals surface area (Å²) in [5, 5.41) is 12.1. The molecule has 1 fully saturated rings. The van der Waals surface area contributed by atoms with Crippen molar-refractivity contribution < 1.29 is 30.7 Å². The van der Waals surface area contributed by atoms with Gasteiger partial charge in [0, 0.05) is 56.9 Å². The van der Waals surface area contributed by atoms with Gasteiger partial charge >= 0.3 is 0 Å². The van der Waals surface area contributed by atoms with Crippen LogP contribution >= 0.6 is 15.9 Å². The number of piperazine rings is 1. The molecule has 0 radical (unpaired) electrons. The second kappa shape index (κ2) is 11.1. The Bertz CT molecular complexity index is 1100. The van der Waals surface area contributed by atoms with Gasteiger partial charge in [-0.15, -0.1) is 0 Å². The fraction of sp³-hybridized carbons (Fsp3) is 0.611. The number of halogens is 1. The van der Waals surface area contributed by atoms with Crippen molar-refractivity contribution in [1.29, 1.82) is 0 Å². The first-order valence-corrected chi connectivity index (χ1v) is 14.7. The van der Waals surface area contributed by atoms with Gasteiger partial charge in [-0.3, -0.25) is 19.1 Å². The maximum absolute atomic E-state index is 13.2. The fourth-order valence-corrected chi connectivity index (χ4v) is 5.06. The molecular weight excluding hydrogens is 544 g/mol. The van der Waals surface area contributed by atoms with Crippen molar-refractivity contribution in [1.82, 2.24) is 9.80 Å². The molecule has 0 atom stereocenters. The molecule has 0 bridgehead atoms. The van der Waals surface area contributed by atoms with Gasteiger partial charge in [-0.2, -0.15) is 8.42 Å². The van der Waals surface area contributed by atoms with Crippen molar-refractivity contribution in [2.75, 3.05) is 75.7 Å². The summed E-state index contributed by atoms with van der Waals surface area (Å²) >= 11 is 3.27. The molecular formula is C18H27BrN4O8S2. The first-order chi connectivity index (χ1) is 15.2. The van der Waals surface area contributed by atoms with Gasteiger partial charge in [-0.1, -0.05) is 15.9 Å². The molecule has 12 nitrogen and oxygen atoms in total. The summed E-state index contributed by atoms with van der Waals surface area (Å²) in [7, 11) is -5.75. The van der Waals surface area contributed by atoms with E-state index >= 15 is 0 Å². The molecule has 15 heteroatoms. The average molecular weight is 571 g/mol. The van der Waals surface area contributed by atoms with Crippen molar-refractivity contribution >= 4 is 53.2 Å². The number of hydrogen-bond acceptors (Lipinski definition) is 10. The van der Waals surface area contributed by atoms with Gasteiger partial charge in [0.1, 0.15) is 5.56 Å². The first kappa shape index (κ1) is 27.4. The van der Waals surface area contributed by atoms with E-state index in [9.17, 15) is 31.7 Å². The highest BCUT2D eigenvalue weighted by atomic mass is 79.9. The molecule has 0 N–H and O–H groups in total. The molecule has 0 aromatic heterocycles. The first-order valence-electron chi connectivity index (χ1n) is 9.90. The molecule has 1 aromatic carbocycles. The van der Waals surface area contributed by atoms with Crippen molar-refractivity contribution in [2.24, 2.45) is 0 Å². The Labute approximate surface area is 201 Å². The van der Waals surface area contributed by atoms with Crippen LogP contribution in [0.2, 0.25) is 0 Å². The Morgan fingerprint density at radius 2 is 1.76 bits per heavy atom. The molecule has 1 amide bonds. The van der Waals surface area contributed by atoms with E-state index in [4.69, 9.17) is 4.18 Å². The van der Waals surface area contributed by atoms with Crippen LogP contribution in [0.15, 0.2) is 17.0 Å². The Morgan fingerprint density at radius 1 is 1.15 bits per heavy atom. The zero-order valence-electron chi connectivity index (χ0n) is 18.6. The standard InChI is InChI=1S/C18H27BrN4O8S2/c1-20-6-8-22(9-7-20)18(24)14-12-16(17(32(2,27)28)13-15(14)23(25)26)21(5-4-19)10-11-31-33(3,29)30/h12-13H,4-11H2,1-3H3. The Balaban J connectivity index is 2.59. The van der Waals surface area contributed by atoms with Crippen LogP contribution < -0.4 is 4.90 Å². The normalized spacial score (nSPS) is 15.5. The number of amides is 1. The Kier molecular flexibility index (Phi) is 9.21. The zero-order chi connectivity index (χ0) is 25.0. The van der Waals surface area contributed by atoms with Crippen LogP contribution in [0.4, 0.5) is 11.4 Å².